The van der Waals surface area contributed by atoms with Crippen molar-refractivity contribution in [3.8, 4) is 11.5 Å². The molecule has 26 heavy (non-hydrogen) atoms. The molecule has 7 heteroatoms. The third kappa shape index (κ3) is 2.36. The van der Waals surface area contributed by atoms with Gasteiger partial charge >= 0.3 is 0 Å². The molecule has 2 heterocycles. The largest absolute Gasteiger partial charge is 0.493 e. The number of nitrogens with zero attached hydrogens (tertiary/aromatic N) is 4. The second-order valence-electron chi connectivity index (χ2n) is 5.79. The molecule has 4 rings (SSSR count). The van der Waals surface area contributed by atoms with Crippen LogP contribution in [0.2, 0.25) is 0 Å². The van der Waals surface area contributed by atoms with Crippen molar-refractivity contribution in [2.45, 2.75) is 6.92 Å². The Labute approximate surface area is 149 Å². The zero-order chi connectivity index (χ0) is 18.3. The topological polar surface area (TPSA) is 79.1 Å². The molecule has 0 unspecified atom stereocenters. The van der Waals surface area contributed by atoms with E-state index in [0.29, 0.717) is 33.9 Å². The number of aryl methyl sites for hydroxylation is 1. The van der Waals surface area contributed by atoms with Crippen LogP contribution in [-0.2, 0) is 0 Å². The van der Waals surface area contributed by atoms with Gasteiger partial charge in [-0.15, -0.1) is 10.2 Å². The number of aromatic nitrogens is 4. The first-order valence-corrected chi connectivity index (χ1v) is 8.01. The van der Waals surface area contributed by atoms with Crippen molar-refractivity contribution in [2.75, 3.05) is 14.2 Å². The van der Waals surface area contributed by atoms with Gasteiger partial charge in [-0.25, -0.2) is 0 Å². The highest BCUT2D eigenvalue weighted by atomic mass is 16.5. The summed E-state index contributed by atoms with van der Waals surface area (Å²) in [6.07, 6.45) is 0. The van der Waals surface area contributed by atoms with Crippen LogP contribution in [0.25, 0.3) is 21.9 Å². The zero-order valence-electron chi connectivity index (χ0n) is 14.6. The minimum Gasteiger partial charge on any atom is -0.493 e. The Balaban J connectivity index is 1.99. The lowest BCUT2D eigenvalue weighted by Crippen LogP contribution is -2.14. The van der Waals surface area contributed by atoms with E-state index < -0.39 is 0 Å². The molecule has 2 aromatic carbocycles. The third-order valence-electron chi connectivity index (χ3n) is 4.27. The molecular weight excluding hydrogens is 332 g/mol. The highest BCUT2D eigenvalue weighted by Crippen LogP contribution is 2.35. The number of fused-ring (bicyclic) bond motifs is 3. The first kappa shape index (κ1) is 16.0. The molecular formula is C19H16N4O3. The maximum atomic E-state index is 12.8. The number of hydrogen-bond acceptors (Lipinski definition) is 6. The number of rotatable bonds is 3. The molecule has 0 bridgehead atoms. The molecule has 0 radical (unpaired) electrons. The van der Waals surface area contributed by atoms with Crippen LogP contribution in [0.1, 0.15) is 16.1 Å². The van der Waals surface area contributed by atoms with Crippen LogP contribution in [0.4, 0.5) is 0 Å². The fraction of sp³-hybridized carbons (Fsp3) is 0.158. The quantitative estimate of drug-likeness (QED) is 0.566. The van der Waals surface area contributed by atoms with Crippen molar-refractivity contribution in [1.29, 1.82) is 0 Å². The number of ether oxygens (including phenoxy) is 2. The second kappa shape index (κ2) is 6.11. The molecule has 0 aliphatic rings. The maximum absolute atomic E-state index is 12.8. The van der Waals surface area contributed by atoms with E-state index in [1.807, 2.05) is 31.2 Å². The van der Waals surface area contributed by atoms with Crippen molar-refractivity contribution >= 4 is 27.8 Å². The van der Waals surface area contributed by atoms with Gasteiger partial charge in [0.1, 0.15) is 0 Å². The van der Waals surface area contributed by atoms with Crippen molar-refractivity contribution in [3.63, 3.8) is 0 Å². The monoisotopic (exact) mass is 348 g/mol. The number of carbonyl (C=O) groups excluding carboxylic acids is 1. The molecule has 0 saturated heterocycles. The van der Waals surface area contributed by atoms with Gasteiger partial charge in [-0.2, -0.15) is 9.78 Å². The highest BCUT2D eigenvalue weighted by Gasteiger charge is 2.20. The van der Waals surface area contributed by atoms with Crippen LogP contribution in [-0.4, -0.2) is 40.1 Å². The van der Waals surface area contributed by atoms with Crippen molar-refractivity contribution in [2.24, 2.45) is 0 Å². The summed E-state index contributed by atoms with van der Waals surface area (Å²) in [5.74, 6) is 0.896. The molecule has 7 nitrogen and oxygen atoms in total. The number of hydrogen-bond donors (Lipinski definition) is 0. The zero-order valence-corrected chi connectivity index (χ0v) is 14.6. The molecule has 0 aliphatic heterocycles. The normalized spacial score (nSPS) is 11.0. The lowest BCUT2D eigenvalue weighted by Gasteiger charge is -2.09. The summed E-state index contributed by atoms with van der Waals surface area (Å²) in [6, 6.07) is 12.6. The highest BCUT2D eigenvalue weighted by molar-refractivity contribution is 6.09. The Kier molecular flexibility index (Phi) is 3.76. The molecule has 0 atom stereocenters. The predicted octanol–water partition coefficient (Wildman–Crippen LogP) is 2.99. The molecule has 0 aliphatic carbocycles. The van der Waals surface area contributed by atoms with Crippen LogP contribution in [0.5, 0.6) is 11.5 Å². The predicted molar refractivity (Wildman–Crippen MR) is 96.8 cm³/mol. The molecule has 0 fully saturated rings. The Hall–Kier alpha value is -3.48. The van der Waals surface area contributed by atoms with E-state index in [0.717, 1.165) is 10.8 Å². The van der Waals surface area contributed by atoms with Crippen LogP contribution in [0.15, 0.2) is 42.5 Å². The summed E-state index contributed by atoms with van der Waals surface area (Å²) < 4.78 is 12.0. The van der Waals surface area contributed by atoms with E-state index in [-0.39, 0.29) is 5.91 Å². The summed E-state index contributed by atoms with van der Waals surface area (Å²) in [7, 11) is 3.14. The minimum atomic E-state index is -0.252. The molecule has 0 spiro atoms. The standard InChI is InChI=1S/C19H16N4O3/c1-11-17-13-9-15(25-2)16(26-3)10-14(13)20-21-18(17)23(22-11)19(24)12-7-5-4-6-8-12/h4-10H,1-3H3. The molecule has 0 amide bonds. The first-order valence-electron chi connectivity index (χ1n) is 8.01. The molecule has 0 N–H and O–H groups in total. The average molecular weight is 348 g/mol. The number of methoxy groups -OCH3 is 2. The molecule has 130 valence electrons. The van der Waals surface area contributed by atoms with E-state index >= 15 is 0 Å². The van der Waals surface area contributed by atoms with E-state index in [1.54, 1.807) is 32.4 Å². The minimum absolute atomic E-state index is 0.252. The summed E-state index contributed by atoms with van der Waals surface area (Å²) in [6.45, 7) is 1.84. The van der Waals surface area contributed by atoms with Gasteiger partial charge in [0, 0.05) is 17.0 Å². The van der Waals surface area contributed by atoms with E-state index in [9.17, 15) is 4.79 Å². The summed E-state index contributed by atoms with van der Waals surface area (Å²) >= 11 is 0. The lowest BCUT2D eigenvalue weighted by molar-refractivity contribution is 0.0949. The van der Waals surface area contributed by atoms with Crippen LogP contribution < -0.4 is 9.47 Å². The van der Waals surface area contributed by atoms with Gasteiger partial charge < -0.3 is 9.47 Å². The average Bonchev–Trinajstić information content (AvgIpc) is 3.03. The van der Waals surface area contributed by atoms with E-state index in [4.69, 9.17) is 9.47 Å². The fourth-order valence-electron chi connectivity index (χ4n) is 3.02. The van der Waals surface area contributed by atoms with Crippen molar-refractivity contribution in [1.82, 2.24) is 20.0 Å². The molecule has 2 aromatic heterocycles. The van der Waals surface area contributed by atoms with Crippen molar-refractivity contribution < 1.29 is 14.3 Å². The SMILES string of the molecule is COc1cc2nnc3c(c(C)nn3C(=O)c3ccccc3)c2cc1OC. The smallest absolute Gasteiger partial charge is 0.280 e. The van der Waals surface area contributed by atoms with E-state index in [2.05, 4.69) is 15.3 Å². The Morgan fingerprint density at radius 1 is 1.00 bits per heavy atom. The summed E-state index contributed by atoms with van der Waals surface area (Å²) in [5.41, 5.74) is 2.28. The second-order valence-corrected chi connectivity index (χ2v) is 5.79. The van der Waals surface area contributed by atoms with Gasteiger partial charge in [0.2, 0.25) is 0 Å². The third-order valence-corrected chi connectivity index (χ3v) is 4.27. The molecule has 4 aromatic rings. The van der Waals surface area contributed by atoms with Crippen LogP contribution in [0.3, 0.4) is 0 Å². The van der Waals surface area contributed by atoms with Gasteiger partial charge in [0.25, 0.3) is 5.91 Å². The van der Waals surface area contributed by atoms with Gasteiger partial charge in [0.05, 0.1) is 30.8 Å². The summed E-state index contributed by atoms with van der Waals surface area (Å²) in [5, 5.41) is 14.5. The van der Waals surface area contributed by atoms with Gasteiger partial charge in [0.15, 0.2) is 17.1 Å². The Morgan fingerprint density at radius 2 is 1.69 bits per heavy atom. The van der Waals surface area contributed by atoms with Crippen molar-refractivity contribution in [3.05, 3.63) is 53.7 Å². The first-order chi connectivity index (χ1) is 12.6. The Bertz CT molecular complexity index is 1140. The van der Waals surface area contributed by atoms with Gasteiger partial charge in [-0.05, 0) is 25.1 Å². The van der Waals surface area contributed by atoms with Crippen LogP contribution >= 0.6 is 0 Å². The maximum Gasteiger partial charge on any atom is 0.280 e. The Morgan fingerprint density at radius 3 is 2.38 bits per heavy atom. The number of carbonyl (C=O) groups is 1. The molecule has 0 saturated carbocycles. The van der Waals surface area contributed by atoms with Crippen LogP contribution in [0, 0.1) is 6.92 Å². The fourth-order valence-corrected chi connectivity index (χ4v) is 3.02. The number of benzene rings is 2. The van der Waals surface area contributed by atoms with E-state index in [1.165, 1.54) is 4.68 Å². The van der Waals surface area contributed by atoms with Gasteiger partial charge in [-0.3, -0.25) is 4.79 Å². The summed E-state index contributed by atoms with van der Waals surface area (Å²) in [4.78, 5) is 12.8. The van der Waals surface area contributed by atoms with Gasteiger partial charge in [-0.1, -0.05) is 18.2 Å². The lowest BCUT2D eigenvalue weighted by atomic mass is 10.1.